The number of rotatable bonds is 17. The Kier molecular flexibility index (Phi) is 14.8. The van der Waals surface area contributed by atoms with Crippen molar-refractivity contribution in [2.24, 2.45) is 11.3 Å². The highest BCUT2D eigenvalue weighted by Gasteiger charge is 2.55. The quantitative estimate of drug-likeness (QED) is 0.0493. The van der Waals surface area contributed by atoms with Gasteiger partial charge in [-0.15, -0.1) is 0 Å². The summed E-state index contributed by atoms with van der Waals surface area (Å²) in [6, 6.07) is 26.3. The lowest BCUT2D eigenvalue weighted by Gasteiger charge is -2.60. The van der Waals surface area contributed by atoms with Crippen LogP contribution in [0.2, 0.25) is 0 Å². The summed E-state index contributed by atoms with van der Waals surface area (Å²) in [6.45, 7) is 10.1. The third kappa shape index (κ3) is 11.0. The molecule has 20 heteroatoms. The van der Waals surface area contributed by atoms with Crippen LogP contribution in [0.15, 0.2) is 96.2 Å². The lowest BCUT2D eigenvalue weighted by atomic mass is 9.59. The molecular weight excluding hydrogens is 1030 g/mol. The molecule has 2 bridgehead atoms. The molecule has 1 amide bonds. The lowest BCUT2D eigenvalue weighted by Crippen LogP contribution is -2.62. The summed E-state index contributed by atoms with van der Waals surface area (Å²) in [5.41, 5.74) is 3.76. The summed E-state index contributed by atoms with van der Waals surface area (Å²) in [5, 5.41) is 25.7. The van der Waals surface area contributed by atoms with Gasteiger partial charge in [0, 0.05) is 80.9 Å². The van der Waals surface area contributed by atoms with E-state index < -0.39 is 42.9 Å². The number of pyridine rings is 2. The number of ether oxygens (including phenoxy) is 3. The van der Waals surface area contributed by atoms with Crippen LogP contribution in [-0.4, -0.2) is 113 Å². The van der Waals surface area contributed by atoms with E-state index in [1.165, 1.54) is 42.4 Å². The van der Waals surface area contributed by atoms with Gasteiger partial charge in [-0.3, -0.25) is 24.7 Å². The van der Waals surface area contributed by atoms with Crippen LogP contribution in [-0.2, 0) is 16.6 Å². The Bertz CT molecular complexity index is 3350. The van der Waals surface area contributed by atoms with Gasteiger partial charge in [-0.1, -0.05) is 50.2 Å². The first kappa shape index (κ1) is 54.1. The number of fused-ring (bicyclic) bond motifs is 3. The number of piperazine rings is 1. The molecule has 11 rings (SSSR count). The van der Waals surface area contributed by atoms with Crippen molar-refractivity contribution in [1.82, 2.24) is 29.5 Å². The number of benzene rings is 3. The summed E-state index contributed by atoms with van der Waals surface area (Å²) in [4.78, 5) is 44.3. The number of amides is 1. The normalized spacial score (nSPS) is 23.4. The molecule has 4 N–H and O–H groups in total. The maximum Gasteiger partial charge on any atom is 0.312 e. The number of hydrogen-bond donors (Lipinski definition) is 4. The third-order valence-electron chi connectivity index (χ3n) is 17.8. The van der Waals surface area contributed by atoms with Crippen LogP contribution < -0.4 is 29.1 Å². The SMILES string of the molecule is COc1ccc(CN2C3CCC2[C@@H](c2ccccc2C(C)C)N(C2CC4(CCN(c5ccc(C(=O)NS(=O)(=O)c6cnc(NCC7CCC(C)(O)CC7)c([N+](=O)[O-])c6)c(Oc6cc7c(F)c[nH]c7nc6OC)c5)CC4)C2)C3)cc1. The fourth-order valence-corrected chi connectivity index (χ4v) is 14.2. The van der Waals surface area contributed by atoms with Crippen LogP contribution in [0.4, 0.5) is 21.6 Å². The van der Waals surface area contributed by atoms with Gasteiger partial charge >= 0.3 is 5.69 Å². The average molecular weight is 1100 g/mol. The van der Waals surface area contributed by atoms with Crippen LogP contribution in [0.1, 0.15) is 124 Å². The van der Waals surface area contributed by atoms with Crippen molar-refractivity contribution >= 4 is 44.2 Å². The molecule has 6 heterocycles. The number of aromatic nitrogens is 3. The number of likely N-dealkylation sites (tertiary alicyclic amines) is 1. The topological polar surface area (TPSA) is 218 Å². The number of aromatic amines is 1. The second kappa shape index (κ2) is 21.6. The molecule has 3 aromatic heterocycles. The highest BCUT2D eigenvalue weighted by molar-refractivity contribution is 7.90. The molecule has 6 aromatic rings. The molecule has 2 aliphatic carbocycles. The van der Waals surface area contributed by atoms with Crippen molar-refractivity contribution in [3.8, 4) is 23.1 Å². The predicted molar refractivity (Wildman–Crippen MR) is 298 cm³/mol. The van der Waals surface area contributed by atoms with E-state index in [-0.39, 0.29) is 57.2 Å². The van der Waals surface area contributed by atoms with Gasteiger partial charge in [0.05, 0.1) is 47.9 Å². The second-order valence-corrected chi connectivity index (χ2v) is 24.8. The largest absolute Gasteiger partial charge is 0.497 e. The summed E-state index contributed by atoms with van der Waals surface area (Å²) in [7, 11) is -1.67. The van der Waals surface area contributed by atoms with E-state index >= 15 is 0 Å². The number of carbonyl (C=O) groups excluding carboxylic acids is 1. The lowest BCUT2D eigenvalue weighted by molar-refractivity contribution is -0.384. The Morgan fingerprint density at radius 2 is 1.70 bits per heavy atom. The first-order valence-corrected chi connectivity index (χ1v) is 29.1. The van der Waals surface area contributed by atoms with Crippen molar-refractivity contribution in [2.45, 2.75) is 132 Å². The smallest absolute Gasteiger partial charge is 0.312 e. The van der Waals surface area contributed by atoms with E-state index in [0.717, 1.165) is 88.2 Å². The molecule has 18 nitrogen and oxygen atoms in total. The number of carbonyl (C=O) groups is 1. The molecule has 79 heavy (non-hydrogen) atoms. The second-order valence-electron chi connectivity index (χ2n) is 23.2. The predicted octanol–water partition coefficient (Wildman–Crippen LogP) is 10.2. The number of H-pyrrole nitrogens is 1. The molecular formula is C59H70FN9O9S. The van der Waals surface area contributed by atoms with Crippen molar-refractivity contribution in [2.75, 3.05) is 50.6 Å². The number of methoxy groups -OCH3 is 2. The average Bonchev–Trinajstić information content (AvgIpc) is 4.15. The number of nitrogens with zero attached hydrogens (tertiary/aromatic N) is 6. The van der Waals surface area contributed by atoms with Crippen molar-refractivity contribution in [3.05, 3.63) is 129 Å². The number of hydrogen-bond acceptors (Lipinski definition) is 15. The summed E-state index contributed by atoms with van der Waals surface area (Å²) in [5.74, 6) is -0.477. The van der Waals surface area contributed by atoms with E-state index in [0.29, 0.717) is 56.3 Å². The molecule has 2 unspecified atom stereocenters. The summed E-state index contributed by atoms with van der Waals surface area (Å²) >= 11 is 0. The number of aliphatic hydroxyl groups is 1. The number of halogens is 1. The molecule has 2 saturated carbocycles. The Morgan fingerprint density at radius 1 is 0.949 bits per heavy atom. The monoisotopic (exact) mass is 1100 g/mol. The minimum Gasteiger partial charge on any atom is -0.497 e. The van der Waals surface area contributed by atoms with Gasteiger partial charge in [0.1, 0.15) is 27.9 Å². The van der Waals surface area contributed by atoms with E-state index in [4.69, 9.17) is 14.2 Å². The van der Waals surface area contributed by atoms with Gasteiger partial charge in [0.15, 0.2) is 5.75 Å². The molecule has 0 radical (unpaired) electrons. The number of piperidine rings is 1. The van der Waals surface area contributed by atoms with E-state index in [1.807, 2.05) is 0 Å². The fourth-order valence-electron chi connectivity index (χ4n) is 13.3. The van der Waals surface area contributed by atoms with Gasteiger partial charge in [0.25, 0.3) is 21.8 Å². The number of nitrogens with one attached hydrogen (secondary N) is 3. The van der Waals surface area contributed by atoms with E-state index in [1.54, 1.807) is 26.2 Å². The molecule has 3 aromatic carbocycles. The van der Waals surface area contributed by atoms with Gasteiger partial charge in [-0.2, -0.15) is 4.98 Å². The van der Waals surface area contributed by atoms with Gasteiger partial charge < -0.3 is 34.5 Å². The van der Waals surface area contributed by atoms with Crippen LogP contribution in [0, 0.1) is 27.3 Å². The van der Waals surface area contributed by atoms with E-state index in [2.05, 4.69) is 102 Å². The zero-order valence-corrected chi connectivity index (χ0v) is 46.2. The van der Waals surface area contributed by atoms with E-state index in [9.17, 15) is 32.8 Å². The first-order chi connectivity index (χ1) is 37.9. The Balaban J connectivity index is 0.815. The first-order valence-electron chi connectivity index (χ1n) is 27.6. The fraction of sp³-hybridized carbons (Fsp3) is 0.475. The molecule has 3 atom stereocenters. The summed E-state index contributed by atoms with van der Waals surface area (Å²) < 4.78 is 62.3. The third-order valence-corrected chi connectivity index (χ3v) is 19.1. The minimum atomic E-state index is -4.75. The Hall–Kier alpha value is -6.87. The summed E-state index contributed by atoms with van der Waals surface area (Å²) in [6.07, 6.45) is 11.2. The number of nitro groups is 1. The molecule has 3 saturated heterocycles. The van der Waals surface area contributed by atoms with Crippen LogP contribution >= 0.6 is 0 Å². The highest BCUT2D eigenvalue weighted by Crippen LogP contribution is 2.56. The molecule has 5 fully saturated rings. The molecule has 1 spiro atoms. The van der Waals surface area contributed by atoms with Crippen LogP contribution in [0.3, 0.4) is 0 Å². The zero-order valence-electron chi connectivity index (χ0n) is 45.4. The molecule has 5 aliphatic rings. The molecule has 3 aliphatic heterocycles. The zero-order chi connectivity index (χ0) is 55.4. The van der Waals surface area contributed by atoms with Crippen molar-refractivity contribution < 1.29 is 41.8 Å². The van der Waals surface area contributed by atoms with Gasteiger partial charge in [-0.05, 0) is 129 Å². The Morgan fingerprint density at radius 3 is 2.41 bits per heavy atom. The van der Waals surface area contributed by atoms with Crippen LogP contribution in [0.25, 0.3) is 11.0 Å². The van der Waals surface area contributed by atoms with Crippen LogP contribution in [0.5, 0.6) is 23.1 Å². The maximum absolute atomic E-state index is 15.0. The minimum absolute atomic E-state index is 0.0118. The number of anilines is 2. The number of sulfonamides is 1. The molecule has 418 valence electrons. The standard InChI is InChI=1S/C59H70FN9O9S/c1-36(2)44-8-6-7-9-45(44)53-49-17-13-40(67(49)34-38-10-14-42(76-4)15-11-38)35-68(53)41-29-59(30-41)22-24-66(25-23-59)39-12-16-46(51(26-39)78-52-28-47-48(60)33-63-54(47)64-57(52)77-5)56(70)65-79(74,75)43-27-50(69(72)73)55(62-32-43)61-31-37-18-20-58(3,71)21-19-37/h6-12,14-16,26-28,32-33,36-37,40-41,49,53,71H,13,17-25,29-31,34-35H2,1-5H3,(H,61,62)(H,63,64)(H,65,70)/t37?,40?,49?,53-,58?/m1/s1. The van der Waals surface area contributed by atoms with Crippen molar-refractivity contribution in [1.29, 1.82) is 0 Å². The maximum atomic E-state index is 15.0. The van der Waals surface area contributed by atoms with Gasteiger partial charge in [-0.25, -0.2) is 22.5 Å². The highest BCUT2D eigenvalue weighted by atomic mass is 32.2. The Labute approximate surface area is 460 Å². The van der Waals surface area contributed by atoms with Crippen molar-refractivity contribution in [3.63, 3.8) is 0 Å². The van der Waals surface area contributed by atoms with Gasteiger partial charge in [0.2, 0.25) is 5.82 Å².